The van der Waals surface area contributed by atoms with Gasteiger partial charge in [0.05, 0.1) is 16.6 Å². The fraction of sp³-hybridized carbons (Fsp3) is 0.231. The van der Waals surface area contributed by atoms with Crippen LogP contribution >= 0.6 is 11.6 Å². The molecule has 0 aliphatic heterocycles. The minimum Gasteiger partial charge on any atom is -0.342 e. The molecule has 1 heterocycles. The van der Waals surface area contributed by atoms with Crippen LogP contribution in [0.4, 0.5) is 5.69 Å². The summed E-state index contributed by atoms with van der Waals surface area (Å²) < 4.78 is 0. The Kier molecular flexibility index (Phi) is 4.62. The summed E-state index contributed by atoms with van der Waals surface area (Å²) in [6.07, 6.45) is 0. The molecule has 8 nitrogen and oxygen atoms in total. The van der Waals surface area contributed by atoms with Crippen LogP contribution in [0.2, 0.25) is 5.02 Å². The van der Waals surface area contributed by atoms with Gasteiger partial charge in [0.25, 0.3) is 5.91 Å². The van der Waals surface area contributed by atoms with Crippen molar-refractivity contribution in [3.8, 4) is 0 Å². The summed E-state index contributed by atoms with van der Waals surface area (Å²) in [6.45, 7) is 3.03. The second-order valence-electron chi connectivity index (χ2n) is 4.63. The van der Waals surface area contributed by atoms with Crippen LogP contribution in [0.15, 0.2) is 23.0 Å². The van der Waals surface area contributed by atoms with Crippen molar-refractivity contribution in [2.75, 3.05) is 5.32 Å². The minimum absolute atomic E-state index is 0.206. The normalized spacial score (nSPS) is 11.8. The van der Waals surface area contributed by atoms with Gasteiger partial charge in [-0.25, -0.2) is 9.89 Å². The standard InChI is InChI=1S/C13H14ClN5O3/c1-6(11-17-13(22)19-18-11)15-12(21)9-5-8(16-7(2)20)3-4-10(9)14/h3-6H,1-2H3,(H,15,21)(H,16,20)(H2,17,18,19,22). The average molecular weight is 324 g/mol. The zero-order chi connectivity index (χ0) is 16.3. The number of carbonyl (C=O) groups excluding carboxylic acids is 2. The van der Waals surface area contributed by atoms with E-state index in [1.54, 1.807) is 13.0 Å². The lowest BCUT2D eigenvalue weighted by Crippen LogP contribution is -2.28. The van der Waals surface area contributed by atoms with Crippen LogP contribution in [0.5, 0.6) is 0 Å². The molecule has 0 aliphatic rings. The Hall–Kier alpha value is -2.61. The van der Waals surface area contributed by atoms with Crippen molar-refractivity contribution in [1.29, 1.82) is 0 Å². The van der Waals surface area contributed by atoms with Gasteiger partial charge in [0.1, 0.15) is 0 Å². The van der Waals surface area contributed by atoms with E-state index in [-0.39, 0.29) is 16.5 Å². The van der Waals surface area contributed by atoms with Crippen molar-refractivity contribution < 1.29 is 9.59 Å². The van der Waals surface area contributed by atoms with Crippen LogP contribution in [0, 0.1) is 0 Å². The van der Waals surface area contributed by atoms with Crippen LogP contribution in [-0.4, -0.2) is 27.0 Å². The monoisotopic (exact) mass is 323 g/mol. The Labute approximate surface area is 130 Å². The molecule has 1 atom stereocenters. The molecule has 1 unspecified atom stereocenters. The first-order valence-corrected chi connectivity index (χ1v) is 6.77. The van der Waals surface area contributed by atoms with Gasteiger partial charge < -0.3 is 10.6 Å². The van der Waals surface area contributed by atoms with E-state index in [0.29, 0.717) is 11.5 Å². The maximum absolute atomic E-state index is 12.3. The first-order valence-electron chi connectivity index (χ1n) is 6.39. The van der Waals surface area contributed by atoms with Gasteiger partial charge >= 0.3 is 5.69 Å². The number of rotatable bonds is 4. The van der Waals surface area contributed by atoms with Crippen molar-refractivity contribution in [1.82, 2.24) is 20.5 Å². The molecule has 0 bridgehead atoms. The Balaban J connectivity index is 2.18. The van der Waals surface area contributed by atoms with Crippen molar-refractivity contribution >= 4 is 29.1 Å². The summed E-state index contributed by atoms with van der Waals surface area (Å²) in [7, 11) is 0. The zero-order valence-electron chi connectivity index (χ0n) is 11.9. The van der Waals surface area contributed by atoms with Crippen LogP contribution in [0.3, 0.4) is 0 Å². The van der Waals surface area contributed by atoms with Gasteiger partial charge in [-0.3, -0.25) is 14.6 Å². The van der Waals surface area contributed by atoms with E-state index < -0.39 is 17.6 Å². The number of aromatic amines is 2. The van der Waals surface area contributed by atoms with Crippen LogP contribution in [-0.2, 0) is 4.79 Å². The van der Waals surface area contributed by atoms with E-state index >= 15 is 0 Å². The predicted molar refractivity (Wildman–Crippen MR) is 80.8 cm³/mol. The third kappa shape index (κ3) is 3.73. The Bertz CT molecular complexity index is 767. The van der Waals surface area contributed by atoms with Crippen molar-refractivity contribution in [3.05, 3.63) is 45.1 Å². The lowest BCUT2D eigenvalue weighted by atomic mass is 10.1. The van der Waals surface area contributed by atoms with Crippen LogP contribution in [0.25, 0.3) is 0 Å². The van der Waals surface area contributed by atoms with Crippen LogP contribution < -0.4 is 16.3 Å². The van der Waals surface area contributed by atoms with E-state index in [1.165, 1.54) is 19.1 Å². The number of aromatic nitrogens is 3. The molecule has 9 heteroatoms. The van der Waals surface area contributed by atoms with E-state index in [4.69, 9.17) is 11.6 Å². The molecule has 1 aromatic carbocycles. The number of hydrogen-bond acceptors (Lipinski definition) is 4. The summed E-state index contributed by atoms with van der Waals surface area (Å²) in [5.74, 6) is -0.405. The molecule has 0 aliphatic carbocycles. The van der Waals surface area contributed by atoms with E-state index in [9.17, 15) is 14.4 Å². The fourth-order valence-corrected chi connectivity index (χ4v) is 2.01. The number of halogens is 1. The summed E-state index contributed by atoms with van der Waals surface area (Å²) in [5, 5.41) is 11.4. The van der Waals surface area contributed by atoms with Crippen molar-refractivity contribution in [2.24, 2.45) is 0 Å². The van der Waals surface area contributed by atoms with E-state index in [1.807, 2.05) is 0 Å². The molecular weight excluding hydrogens is 310 g/mol. The number of carbonyl (C=O) groups is 2. The number of anilines is 1. The molecule has 2 amide bonds. The molecule has 0 saturated carbocycles. The SMILES string of the molecule is CC(=O)Nc1ccc(Cl)c(C(=O)NC(C)c2n[nH]c(=O)[nH]2)c1. The lowest BCUT2D eigenvalue weighted by molar-refractivity contribution is -0.114. The van der Waals surface area contributed by atoms with Gasteiger partial charge in [-0.1, -0.05) is 11.6 Å². The minimum atomic E-state index is -0.521. The molecule has 116 valence electrons. The number of H-pyrrole nitrogens is 2. The third-order valence-electron chi connectivity index (χ3n) is 2.81. The van der Waals surface area contributed by atoms with Gasteiger partial charge in [0.15, 0.2) is 5.82 Å². The first-order chi connectivity index (χ1) is 10.4. The highest BCUT2D eigenvalue weighted by molar-refractivity contribution is 6.34. The van der Waals surface area contributed by atoms with Gasteiger partial charge in [0.2, 0.25) is 5.91 Å². The quantitative estimate of drug-likeness (QED) is 0.675. The maximum atomic E-state index is 12.3. The predicted octanol–water partition coefficient (Wildman–Crippen LogP) is 1.20. The first kappa shape index (κ1) is 15.8. The summed E-state index contributed by atoms with van der Waals surface area (Å²) in [4.78, 5) is 36.8. The molecule has 4 N–H and O–H groups in total. The molecular formula is C13H14ClN5O3. The second-order valence-corrected chi connectivity index (χ2v) is 5.04. The van der Waals surface area contributed by atoms with Gasteiger partial charge in [-0.2, -0.15) is 5.10 Å². The number of nitrogens with one attached hydrogen (secondary N) is 4. The summed E-state index contributed by atoms with van der Waals surface area (Å²) in [5.41, 5.74) is 0.210. The summed E-state index contributed by atoms with van der Waals surface area (Å²) in [6, 6.07) is 4.06. The smallest absolute Gasteiger partial charge is 0.340 e. The Morgan fingerprint density at radius 2 is 2.09 bits per heavy atom. The largest absolute Gasteiger partial charge is 0.342 e. The molecule has 22 heavy (non-hydrogen) atoms. The second kappa shape index (κ2) is 6.44. The maximum Gasteiger partial charge on any atom is 0.340 e. The van der Waals surface area contributed by atoms with Crippen molar-refractivity contribution in [2.45, 2.75) is 19.9 Å². The average Bonchev–Trinajstić information content (AvgIpc) is 2.87. The number of hydrogen-bond donors (Lipinski definition) is 4. The molecule has 1 aromatic heterocycles. The highest BCUT2D eigenvalue weighted by Crippen LogP contribution is 2.21. The van der Waals surface area contributed by atoms with E-state index in [2.05, 4.69) is 25.8 Å². The Morgan fingerprint density at radius 1 is 1.36 bits per heavy atom. The van der Waals surface area contributed by atoms with Gasteiger partial charge in [-0.15, -0.1) is 0 Å². The fourth-order valence-electron chi connectivity index (χ4n) is 1.81. The van der Waals surface area contributed by atoms with Gasteiger partial charge in [-0.05, 0) is 25.1 Å². The molecule has 2 aromatic rings. The number of amides is 2. The molecule has 0 radical (unpaired) electrons. The molecule has 0 spiro atoms. The summed E-state index contributed by atoms with van der Waals surface area (Å²) >= 11 is 6.01. The molecule has 0 fully saturated rings. The third-order valence-corrected chi connectivity index (χ3v) is 3.14. The zero-order valence-corrected chi connectivity index (χ0v) is 12.6. The highest BCUT2D eigenvalue weighted by atomic mass is 35.5. The van der Waals surface area contributed by atoms with Gasteiger partial charge in [0, 0.05) is 12.6 Å². The van der Waals surface area contributed by atoms with Crippen LogP contribution in [0.1, 0.15) is 36.1 Å². The topological polar surface area (TPSA) is 120 Å². The lowest BCUT2D eigenvalue weighted by Gasteiger charge is -2.13. The molecule has 0 saturated heterocycles. The number of benzene rings is 1. The number of nitrogens with zero attached hydrogens (tertiary/aromatic N) is 1. The molecule has 2 rings (SSSR count). The highest BCUT2D eigenvalue weighted by Gasteiger charge is 2.17. The van der Waals surface area contributed by atoms with Crippen molar-refractivity contribution in [3.63, 3.8) is 0 Å². The van der Waals surface area contributed by atoms with E-state index in [0.717, 1.165) is 0 Å². The Morgan fingerprint density at radius 3 is 2.68 bits per heavy atom.